The van der Waals surface area contributed by atoms with Gasteiger partial charge < -0.3 is 4.74 Å². The van der Waals surface area contributed by atoms with Crippen molar-refractivity contribution in [3.63, 3.8) is 0 Å². The molecule has 0 amide bonds. The quantitative estimate of drug-likeness (QED) is 0.476. The number of rotatable bonds is 9. The van der Waals surface area contributed by atoms with Crippen molar-refractivity contribution in [2.24, 2.45) is 11.8 Å². The van der Waals surface area contributed by atoms with Crippen molar-refractivity contribution in [2.45, 2.75) is 71.6 Å². The summed E-state index contributed by atoms with van der Waals surface area (Å²) in [6, 6.07) is 0. The molecule has 0 spiro atoms. The summed E-state index contributed by atoms with van der Waals surface area (Å²) >= 11 is 0. The minimum Gasteiger partial charge on any atom is -0.381 e. The molecule has 0 atom stereocenters. The molecule has 1 heteroatoms. The molecule has 116 valence electrons. The zero-order valence-corrected chi connectivity index (χ0v) is 13.9. The van der Waals surface area contributed by atoms with E-state index in [0.29, 0.717) is 0 Å². The van der Waals surface area contributed by atoms with Gasteiger partial charge in [-0.05, 0) is 57.3 Å². The van der Waals surface area contributed by atoms with E-state index in [1.807, 2.05) is 0 Å². The van der Waals surface area contributed by atoms with Gasteiger partial charge in [0, 0.05) is 7.11 Å². The lowest BCUT2D eigenvalue weighted by molar-refractivity contribution is 0.230. The van der Waals surface area contributed by atoms with Crippen LogP contribution in [-0.2, 0) is 4.74 Å². The molecule has 20 heavy (non-hydrogen) atoms. The van der Waals surface area contributed by atoms with Crippen LogP contribution in [0.15, 0.2) is 23.8 Å². The van der Waals surface area contributed by atoms with Gasteiger partial charge in [-0.15, -0.1) is 6.58 Å². The third-order valence-electron chi connectivity index (χ3n) is 4.69. The molecule has 1 fully saturated rings. The summed E-state index contributed by atoms with van der Waals surface area (Å²) in [6.45, 7) is 9.24. The van der Waals surface area contributed by atoms with Crippen LogP contribution in [0.4, 0.5) is 0 Å². The number of hydrogen-bond acceptors (Lipinski definition) is 1. The van der Waals surface area contributed by atoms with Crippen LogP contribution < -0.4 is 0 Å². The third kappa shape index (κ3) is 6.74. The molecule has 1 aliphatic carbocycles. The fourth-order valence-electron chi connectivity index (χ4n) is 3.34. The summed E-state index contributed by atoms with van der Waals surface area (Å²) in [5.74, 6) is 1.80. The van der Waals surface area contributed by atoms with E-state index in [9.17, 15) is 0 Å². The first kappa shape index (κ1) is 17.5. The van der Waals surface area contributed by atoms with Crippen molar-refractivity contribution < 1.29 is 4.74 Å². The monoisotopic (exact) mass is 278 g/mol. The number of ether oxygens (including phenoxy) is 1. The normalized spacial score (nSPS) is 23.9. The highest BCUT2D eigenvalue weighted by Gasteiger charge is 2.23. The van der Waals surface area contributed by atoms with E-state index in [1.165, 1.54) is 56.9 Å². The number of hydrogen-bond donors (Lipinski definition) is 0. The van der Waals surface area contributed by atoms with E-state index in [4.69, 9.17) is 4.74 Å². The number of allylic oxidation sites excluding steroid dienone is 2. The average Bonchev–Trinajstić information content (AvgIpc) is 2.46. The van der Waals surface area contributed by atoms with E-state index in [1.54, 1.807) is 12.7 Å². The van der Waals surface area contributed by atoms with Crippen LogP contribution in [0, 0.1) is 11.8 Å². The highest BCUT2D eigenvalue weighted by molar-refractivity contribution is 5.10. The fourth-order valence-corrected chi connectivity index (χ4v) is 3.34. The molecule has 0 unspecified atom stereocenters. The van der Waals surface area contributed by atoms with Crippen LogP contribution in [-0.4, -0.2) is 13.7 Å². The van der Waals surface area contributed by atoms with Gasteiger partial charge >= 0.3 is 0 Å². The van der Waals surface area contributed by atoms with Gasteiger partial charge in [0.15, 0.2) is 0 Å². The van der Waals surface area contributed by atoms with E-state index >= 15 is 0 Å². The van der Waals surface area contributed by atoms with E-state index in [2.05, 4.69) is 26.5 Å². The zero-order valence-electron chi connectivity index (χ0n) is 13.9. The summed E-state index contributed by atoms with van der Waals surface area (Å²) in [5, 5.41) is 0. The van der Waals surface area contributed by atoms with Crippen molar-refractivity contribution in [1.82, 2.24) is 0 Å². The molecule has 0 N–H and O–H groups in total. The van der Waals surface area contributed by atoms with Gasteiger partial charge in [-0.1, -0.05) is 43.4 Å². The Morgan fingerprint density at radius 3 is 2.45 bits per heavy atom. The van der Waals surface area contributed by atoms with E-state index < -0.39 is 0 Å². The third-order valence-corrected chi connectivity index (χ3v) is 4.69. The van der Waals surface area contributed by atoms with Crippen LogP contribution >= 0.6 is 0 Å². The van der Waals surface area contributed by atoms with Crippen molar-refractivity contribution in [3.05, 3.63) is 23.8 Å². The Labute approximate surface area is 126 Å². The Hall–Kier alpha value is -0.560. The Bertz CT molecular complexity index is 295. The zero-order chi connectivity index (χ0) is 14.8. The molecule has 0 saturated heterocycles. The minimum atomic E-state index is 0.765. The van der Waals surface area contributed by atoms with E-state index in [0.717, 1.165) is 24.9 Å². The molecule has 1 saturated carbocycles. The second-order valence-corrected chi connectivity index (χ2v) is 6.55. The second-order valence-electron chi connectivity index (χ2n) is 6.55. The predicted molar refractivity (Wildman–Crippen MR) is 89.0 cm³/mol. The molecule has 0 aromatic rings. The van der Waals surface area contributed by atoms with Crippen LogP contribution in [0.5, 0.6) is 0 Å². The smallest absolute Gasteiger partial charge is 0.0646 e. The first-order valence-corrected chi connectivity index (χ1v) is 8.49. The second kappa shape index (κ2) is 10.2. The number of methoxy groups -OCH3 is 1. The maximum atomic E-state index is 5.25. The number of unbranched alkanes of at least 4 members (excludes halogenated alkanes) is 1. The molecule has 0 aromatic carbocycles. The van der Waals surface area contributed by atoms with Gasteiger partial charge in [0.1, 0.15) is 0 Å². The predicted octanol–water partition coefficient (Wildman–Crippen LogP) is 5.91. The van der Waals surface area contributed by atoms with Gasteiger partial charge in [0.2, 0.25) is 0 Å². The SMILES string of the molecule is C=C(C)CC/C(=C\COC)C1CCC(CCCC)CC1. The Morgan fingerprint density at radius 1 is 1.20 bits per heavy atom. The molecule has 1 aliphatic rings. The van der Waals surface area contributed by atoms with Crippen LogP contribution in [0.1, 0.15) is 71.6 Å². The van der Waals surface area contributed by atoms with Gasteiger partial charge in [0.05, 0.1) is 6.61 Å². The first-order valence-electron chi connectivity index (χ1n) is 8.49. The summed E-state index contributed by atoms with van der Waals surface area (Å²) < 4.78 is 5.25. The topological polar surface area (TPSA) is 9.23 Å². The first-order chi connectivity index (χ1) is 9.67. The molecule has 1 rings (SSSR count). The lowest BCUT2D eigenvalue weighted by Gasteiger charge is -2.30. The van der Waals surface area contributed by atoms with Crippen LogP contribution in [0.2, 0.25) is 0 Å². The van der Waals surface area contributed by atoms with E-state index in [-0.39, 0.29) is 0 Å². The standard InChI is InChI=1S/C19H34O/c1-5-6-7-17-9-12-18(13-10-17)19(14-15-20-4)11-8-16(2)3/h14,17-18H,2,5-13,15H2,1,3-4H3/b19-14+. The van der Waals surface area contributed by atoms with Crippen LogP contribution in [0.25, 0.3) is 0 Å². The Kier molecular flexibility index (Phi) is 8.93. The van der Waals surface area contributed by atoms with Gasteiger partial charge in [0.25, 0.3) is 0 Å². The molecular weight excluding hydrogens is 244 g/mol. The lowest BCUT2D eigenvalue weighted by atomic mass is 9.75. The Balaban J connectivity index is 2.45. The lowest BCUT2D eigenvalue weighted by Crippen LogP contribution is -2.17. The molecule has 1 nitrogen and oxygen atoms in total. The van der Waals surface area contributed by atoms with Crippen molar-refractivity contribution in [2.75, 3.05) is 13.7 Å². The summed E-state index contributed by atoms with van der Waals surface area (Å²) in [6.07, 6.45) is 14.5. The molecule has 0 aliphatic heterocycles. The van der Waals surface area contributed by atoms with Crippen molar-refractivity contribution >= 4 is 0 Å². The van der Waals surface area contributed by atoms with Crippen LogP contribution in [0.3, 0.4) is 0 Å². The summed E-state index contributed by atoms with van der Waals surface area (Å²) in [7, 11) is 1.79. The van der Waals surface area contributed by atoms with Crippen molar-refractivity contribution in [1.29, 1.82) is 0 Å². The summed E-state index contributed by atoms with van der Waals surface area (Å²) in [5.41, 5.74) is 2.92. The average molecular weight is 278 g/mol. The molecule has 0 heterocycles. The highest BCUT2D eigenvalue weighted by Crippen LogP contribution is 2.37. The largest absolute Gasteiger partial charge is 0.381 e. The Morgan fingerprint density at radius 2 is 1.90 bits per heavy atom. The molecular formula is C19H34O. The summed E-state index contributed by atoms with van der Waals surface area (Å²) in [4.78, 5) is 0. The molecule has 0 bridgehead atoms. The molecule has 0 aromatic heterocycles. The highest BCUT2D eigenvalue weighted by atomic mass is 16.5. The van der Waals surface area contributed by atoms with Crippen molar-refractivity contribution in [3.8, 4) is 0 Å². The van der Waals surface area contributed by atoms with Gasteiger partial charge in [-0.25, -0.2) is 0 Å². The fraction of sp³-hybridized carbons (Fsp3) is 0.789. The maximum Gasteiger partial charge on any atom is 0.0646 e. The minimum absolute atomic E-state index is 0.765. The van der Waals surface area contributed by atoms with Gasteiger partial charge in [-0.2, -0.15) is 0 Å². The molecule has 0 radical (unpaired) electrons. The maximum absolute atomic E-state index is 5.25. The van der Waals surface area contributed by atoms with Gasteiger partial charge in [-0.3, -0.25) is 0 Å².